The highest BCUT2D eigenvalue weighted by molar-refractivity contribution is 6.05. The van der Waals surface area contributed by atoms with Crippen molar-refractivity contribution in [3.8, 4) is 0 Å². The first kappa shape index (κ1) is 26.9. The number of amides is 2. The Hall–Kier alpha value is -4.38. The quantitative estimate of drug-likeness (QED) is 0.467. The lowest BCUT2D eigenvalue weighted by molar-refractivity contribution is 0.0977. The SMILES string of the molecule is C.CN(C(=O)c1cnc(CO)n1C)c1cccnc1.CN(C(=O)c1cncn1C)c1cccnc1. The second-order valence-electron chi connectivity index (χ2n) is 7.32. The van der Waals surface area contributed by atoms with Gasteiger partial charge in [0, 0.05) is 40.6 Å². The topological polar surface area (TPSA) is 122 Å². The molecule has 0 aliphatic rings. The molecule has 0 aliphatic carbocycles. The van der Waals surface area contributed by atoms with E-state index in [0.29, 0.717) is 22.9 Å². The number of carbonyl (C=O) groups excluding carboxylic acids is 2. The molecule has 184 valence electrons. The van der Waals surface area contributed by atoms with Crippen molar-refractivity contribution in [3.63, 3.8) is 0 Å². The molecule has 35 heavy (non-hydrogen) atoms. The van der Waals surface area contributed by atoms with Crippen LogP contribution in [0.4, 0.5) is 11.4 Å². The fourth-order valence-corrected chi connectivity index (χ4v) is 3.04. The van der Waals surface area contributed by atoms with E-state index in [-0.39, 0.29) is 25.8 Å². The lowest BCUT2D eigenvalue weighted by atomic mass is 10.3. The number of aliphatic hydroxyl groups excluding tert-OH is 1. The molecule has 4 aromatic heterocycles. The maximum atomic E-state index is 12.3. The summed E-state index contributed by atoms with van der Waals surface area (Å²) in [4.78, 5) is 43.2. The predicted octanol–water partition coefficient (Wildman–Crippen LogP) is 2.31. The summed E-state index contributed by atoms with van der Waals surface area (Å²) in [6.07, 6.45) is 11.2. The van der Waals surface area contributed by atoms with Gasteiger partial charge in [0.15, 0.2) is 0 Å². The van der Waals surface area contributed by atoms with Gasteiger partial charge in [-0.15, -0.1) is 0 Å². The molecule has 1 N–H and O–H groups in total. The van der Waals surface area contributed by atoms with Crippen LogP contribution in [0.2, 0.25) is 0 Å². The summed E-state index contributed by atoms with van der Waals surface area (Å²) < 4.78 is 3.27. The number of imidazole rings is 2. The molecule has 2 amide bonds. The molecule has 4 heterocycles. The molecule has 0 unspecified atom stereocenters. The van der Waals surface area contributed by atoms with Crippen molar-refractivity contribution in [2.75, 3.05) is 23.9 Å². The summed E-state index contributed by atoms with van der Waals surface area (Å²) in [5.74, 6) is 0.156. The minimum absolute atomic E-state index is 0. The van der Waals surface area contributed by atoms with Gasteiger partial charge in [-0.25, -0.2) is 9.97 Å². The van der Waals surface area contributed by atoms with Crippen LogP contribution < -0.4 is 9.80 Å². The van der Waals surface area contributed by atoms with Crippen LogP contribution in [0.1, 0.15) is 34.2 Å². The Balaban J connectivity index is 0.000000241. The van der Waals surface area contributed by atoms with E-state index in [1.54, 1.807) is 97.7 Å². The van der Waals surface area contributed by atoms with E-state index in [2.05, 4.69) is 19.9 Å². The number of pyridine rings is 2. The largest absolute Gasteiger partial charge is 0.388 e. The van der Waals surface area contributed by atoms with E-state index in [1.807, 2.05) is 6.07 Å². The van der Waals surface area contributed by atoms with Crippen LogP contribution in [0.15, 0.2) is 67.8 Å². The van der Waals surface area contributed by atoms with Crippen molar-refractivity contribution in [1.29, 1.82) is 0 Å². The fraction of sp³-hybridized carbons (Fsp3) is 0.250. The molecule has 0 spiro atoms. The number of rotatable bonds is 5. The van der Waals surface area contributed by atoms with Gasteiger partial charge >= 0.3 is 0 Å². The van der Waals surface area contributed by atoms with Gasteiger partial charge in [-0.05, 0) is 24.3 Å². The molecule has 0 radical (unpaired) electrons. The summed E-state index contributed by atoms with van der Waals surface area (Å²) in [6, 6.07) is 7.19. The van der Waals surface area contributed by atoms with Crippen LogP contribution in [0.25, 0.3) is 0 Å². The standard InChI is InChI=1S/C12H14N4O2.C11H12N4O.CH4/c1-15(9-4-3-5-13-6-9)12(18)10-7-14-11(8-17)16(10)2;1-14-8-13-7-10(14)11(16)15(2)9-4-3-5-12-6-9;/h3-7,17H,8H2,1-2H3;3-8H,1-2H3;1H4. The zero-order chi connectivity index (χ0) is 24.7. The van der Waals surface area contributed by atoms with Crippen molar-refractivity contribution in [2.24, 2.45) is 14.1 Å². The zero-order valence-electron chi connectivity index (χ0n) is 19.4. The Kier molecular flexibility index (Phi) is 9.36. The van der Waals surface area contributed by atoms with E-state index < -0.39 is 0 Å². The van der Waals surface area contributed by atoms with Gasteiger partial charge < -0.3 is 24.0 Å². The average Bonchev–Trinajstić information content (AvgIpc) is 3.48. The molecule has 11 heteroatoms. The van der Waals surface area contributed by atoms with Crippen molar-refractivity contribution < 1.29 is 14.7 Å². The Morgan fingerprint density at radius 2 is 1.40 bits per heavy atom. The Bertz CT molecular complexity index is 1240. The van der Waals surface area contributed by atoms with E-state index in [1.165, 1.54) is 11.1 Å². The lowest BCUT2D eigenvalue weighted by Crippen LogP contribution is -2.28. The third-order valence-corrected chi connectivity index (χ3v) is 5.16. The molecule has 0 bridgehead atoms. The number of nitrogens with zero attached hydrogens (tertiary/aromatic N) is 8. The molecule has 4 aromatic rings. The van der Waals surface area contributed by atoms with Gasteiger partial charge in [0.05, 0.1) is 42.5 Å². The maximum absolute atomic E-state index is 12.3. The number of anilines is 2. The van der Waals surface area contributed by atoms with Gasteiger partial charge in [-0.3, -0.25) is 19.6 Å². The predicted molar refractivity (Wildman–Crippen MR) is 133 cm³/mol. The van der Waals surface area contributed by atoms with Gasteiger partial charge in [0.2, 0.25) is 0 Å². The Labute approximate surface area is 204 Å². The third-order valence-electron chi connectivity index (χ3n) is 5.16. The van der Waals surface area contributed by atoms with Gasteiger partial charge in [0.25, 0.3) is 11.8 Å². The molecular formula is C24H30N8O3. The third kappa shape index (κ3) is 6.15. The first-order valence-corrected chi connectivity index (χ1v) is 10.3. The Morgan fingerprint density at radius 1 is 0.857 bits per heavy atom. The number of aromatic nitrogens is 6. The molecule has 0 fully saturated rings. The van der Waals surface area contributed by atoms with Crippen LogP contribution in [0.5, 0.6) is 0 Å². The monoisotopic (exact) mass is 478 g/mol. The zero-order valence-corrected chi connectivity index (χ0v) is 19.4. The van der Waals surface area contributed by atoms with Gasteiger partial charge in [-0.1, -0.05) is 7.43 Å². The molecule has 11 nitrogen and oxygen atoms in total. The first-order valence-electron chi connectivity index (χ1n) is 10.3. The summed E-state index contributed by atoms with van der Waals surface area (Å²) >= 11 is 0. The highest BCUT2D eigenvalue weighted by Crippen LogP contribution is 2.14. The summed E-state index contributed by atoms with van der Waals surface area (Å²) in [6.45, 7) is -0.194. The number of aryl methyl sites for hydroxylation is 1. The highest BCUT2D eigenvalue weighted by atomic mass is 16.3. The minimum atomic E-state index is -0.197. The van der Waals surface area contributed by atoms with Crippen molar-refractivity contribution >= 4 is 23.2 Å². The lowest BCUT2D eigenvalue weighted by Gasteiger charge is -2.16. The number of hydrogen-bond donors (Lipinski definition) is 1. The second-order valence-corrected chi connectivity index (χ2v) is 7.32. The van der Waals surface area contributed by atoms with E-state index >= 15 is 0 Å². The van der Waals surface area contributed by atoms with E-state index in [9.17, 15) is 9.59 Å². The smallest absolute Gasteiger partial charge is 0.276 e. The summed E-state index contributed by atoms with van der Waals surface area (Å²) in [5.41, 5.74) is 2.43. The number of aliphatic hydroxyl groups is 1. The van der Waals surface area contributed by atoms with Crippen LogP contribution in [0, 0.1) is 0 Å². The van der Waals surface area contributed by atoms with Gasteiger partial charge in [0.1, 0.15) is 23.8 Å². The average molecular weight is 479 g/mol. The summed E-state index contributed by atoms with van der Waals surface area (Å²) in [7, 11) is 6.87. The molecule has 0 atom stereocenters. The fourth-order valence-electron chi connectivity index (χ4n) is 3.04. The van der Waals surface area contributed by atoms with Crippen LogP contribution >= 0.6 is 0 Å². The minimum Gasteiger partial charge on any atom is -0.388 e. The normalized spacial score (nSPS) is 9.97. The molecule has 0 saturated carbocycles. The number of carbonyl (C=O) groups is 2. The van der Waals surface area contributed by atoms with Crippen molar-refractivity contribution in [1.82, 2.24) is 29.1 Å². The van der Waals surface area contributed by atoms with E-state index in [0.717, 1.165) is 5.69 Å². The first-order chi connectivity index (χ1) is 16.3. The van der Waals surface area contributed by atoms with Crippen LogP contribution in [-0.4, -0.2) is 60.1 Å². The molecular weight excluding hydrogens is 448 g/mol. The second kappa shape index (κ2) is 12.2. The van der Waals surface area contributed by atoms with Crippen LogP contribution in [0.3, 0.4) is 0 Å². The van der Waals surface area contributed by atoms with Crippen molar-refractivity contribution in [2.45, 2.75) is 14.0 Å². The molecule has 0 aliphatic heterocycles. The molecule has 4 rings (SSSR count). The molecule has 0 saturated heterocycles. The molecule has 0 aromatic carbocycles. The highest BCUT2D eigenvalue weighted by Gasteiger charge is 2.19. The van der Waals surface area contributed by atoms with Crippen molar-refractivity contribution in [3.05, 3.63) is 85.0 Å². The van der Waals surface area contributed by atoms with Gasteiger partial charge in [-0.2, -0.15) is 0 Å². The maximum Gasteiger partial charge on any atom is 0.276 e. The summed E-state index contributed by atoms with van der Waals surface area (Å²) in [5, 5.41) is 9.05. The van der Waals surface area contributed by atoms with Crippen LogP contribution in [-0.2, 0) is 20.7 Å². The van der Waals surface area contributed by atoms with E-state index in [4.69, 9.17) is 5.11 Å². The Morgan fingerprint density at radius 3 is 1.80 bits per heavy atom. The number of hydrogen-bond acceptors (Lipinski definition) is 7.